The minimum Gasteiger partial charge on any atom is -0.349 e. The van der Waals surface area contributed by atoms with Crippen LogP contribution in [-0.4, -0.2) is 83.9 Å². The van der Waals surface area contributed by atoms with Crippen molar-refractivity contribution in [3.8, 4) is 0 Å². The molecule has 2 heterocycles. The van der Waals surface area contributed by atoms with Gasteiger partial charge < -0.3 is 10.2 Å². The van der Waals surface area contributed by atoms with Gasteiger partial charge in [-0.3, -0.25) is 19.4 Å². The molecule has 6 rings (SSSR count). The van der Waals surface area contributed by atoms with E-state index in [1.54, 1.807) is 0 Å². The van der Waals surface area contributed by atoms with Gasteiger partial charge in [0.2, 0.25) is 11.8 Å². The Morgan fingerprint density at radius 3 is 2.00 bits per heavy atom. The molecule has 1 atom stereocenters. The SMILES string of the molecule is CC(C(=O)NC12CC3CC(CC(C3)C1)C2)N1CCN(CC(=O)N2CCCC2)CC1. The molecular formula is C23H38N4O2. The molecule has 1 unspecified atom stereocenters. The van der Waals surface area contributed by atoms with Crippen molar-refractivity contribution in [2.45, 2.75) is 69.9 Å². The quantitative estimate of drug-likeness (QED) is 0.761. The third kappa shape index (κ3) is 4.07. The second-order valence-corrected chi connectivity index (χ2v) is 10.8. The van der Waals surface area contributed by atoms with E-state index in [-0.39, 0.29) is 23.4 Å². The highest BCUT2D eigenvalue weighted by molar-refractivity contribution is 5.82. The summed E-state index contributed by atoms with van der Waals surface area (Å²) < 4.78 is 0. The molecule has 0 aromatic rings. The van der Waals surface area contributed by atoms with Crippen LogP contribution >= 0.6 is 0 Å². The minimum absolute atomic E-state index is 0.0700. The van der Waals surface area contributed by atoms with E-state index in [4.69, 9.17) is 0 Å². The first kappa shape index (κ1) is 19.8. The molecule has 6 heteroatoms. The van der Waals surface area contributed by atoms with Gasteiger partial charge in [0.1, 0.15) is 0 Å². The highest BCUT2D eigenvalue weighted by atomic mass is 16.2. The molecule has 1 N–H and O–H groups in total. The summed E-state index contributed by atoms with van der Waals surface area (Å²) in [7, 11) is 0. The largest absolute Gasteiger partial charge is 0.349 e. The van der Waals surface area contributed by atoms with Gasteiger partial charge in [-0.1, -0.05) is 0 Å². The summed E-state index contributed by atoms with van der Waals surface area (Å²) in [5.41, 5.74) is 0.101. The average Bonchev–Trinajstić information content (AvgIpc) is 3.21. The number of amides is 2. The molecule has 2 amide bonds. The van der Waals surface area contributed by atoms with E-state index in [1.807, 2.05) is 4.90 Å². The Kier molecular flexibility index (Phi) is 5.35. The molecule has 4 aliphatic carbocycles. The maximum absolute atomic E-state index is 13.1. The Morgan fingerprint density at radius 2 is 1.45 bits per heavy atom. The van der Waals surface area contributed by atoms with Gasteiger partial charge in [0, 0.05) is 44.8 Å². The number of nitrogens with one attached hydrogen (secondary N) is 1. The molecule has 4 bridgehead atoms. The number of hydrogen-bond acceptors (Lipinski definition) is 4. The van der Waals surface area contributed by atoms with Crippen LogP contribution in [0.3, 0.4) is 0 Å². The van der Waals surface area contributed by atoms with Gasteiger partial charge >= 0.3 is 0 Å². The summed E-state index contributed by atoms with van der Waals surface area (Å²) in [4.78, 5) is 32.1. The first-order chi connectivity index (χ1) is 14.0. The molecule has 6 fully saturated rings. The number of carbonyl (C=O) groups excluding carboxylic acids is 2. The lowest BCUT2D eigenvalue weighted by Crippen LogP contribution is -2.63. The average molecular weight is 403 g/mol. The molecule has 162 valence electrons. The third-order valence-corrected chi connectivity index (χ3v) is 8.58. The lowest BCUT2D eigenvalue weighted by molar-refractivity contribution is -0.134. The number of nitrogens with zero attached hydrogens (tertiary/aromatic N) is 3. The fourth-order valence-electron chi connectivity index (χ4n) is 7.36. The molecule has 0 aromatic carbocycles. The van der Waals surface area contributed by atoms with Crippen molar-refractivity contribution in [1.82, 2.24) is 20.0 Å². The normalized spacial score (nSPS) is 38.4. The zero-order chi connectivity index (χ0) is 20.0. The minimum atomic E-state index is -0.0700. The number of piperazine rings is 1. The Labute approximate surface area is 175 Å². The van der Waals surface area contributed by atoms with Crippen molar-refractivity contribution >= 4 is 11.8 Å². The highest BCUT2D eigenvalue weighted by Gasteiger charge is 2.51. The summed E-state index contributed by atoms with van der Waals surface area (Å²) in [6, 6.07) is -0.0700. The lowest BCUT2D eigenvalue weighted by Gasteiger charge is -2.57. The molecule has 2 aliphatic heterocycles. The summed E-state index contributed by atoms with van der Waals surface area (Å²) >= 11 is 0. The third-order valence-electron chi connectivity index (χ3n) is 8.58. The second-order valence-electron chi connectivity index (χ2n) is 10.8. The molecule has 0 radical (unpaired) electrons. The van der Waals surface area contributed by atoms with Crippen LogP contribution in [0.5, 0.6) is 0 Å². The van der Waals surface area contributed by atoms with Gasteiger partial charge in [0.05, 0.1) is 12.6 Å². The van der Waals surface area contributed by atoms with Crippen molar-refractivity contribution in [1.29, 1.82) is 0 Å². The Hall–Kier alpha value is -1.14. The molecule has 0 spiro atoms. The fourth-order valence-corrected chi connectivity index (χ4v) is 7.36. The lowest BCUT2D eigenvalue weighted by atomic mass is 9.53. The number of carbonyl (C=O) groups is 2. The van der Waals surface area contributed by atoms with E-state index < -0.39 is 0 Å². The summed E-state index contributed by atoms with van der Waals surface area (Å²) in [6.45, 7) is 8.00. The Bertz CT molecular complexity index is 602. The van der Waals surface area contributed by atoms with Gasteiger partial charge in [-0.25, -0.2) is 0 Å². The van der Waals surface area contributed by atoms with Gasteiger partial charge in [-0.05, 0) is 76.0 Å². The molecule has 2 saturated heterocycles. The van der Waals surface area contributed by atoms with Gasteiger partial charge in [0.15, 0.2) is 0 Å². The van der Waals surface area contributed by atoms with E-state index >= 15 is 0 Å². The van der Waals surface area contributed by atoms with Crippen molar-refractivity contribution in [3.63, 3.8) is 0 Å². The molecule has 6 aliphatic rings. The van der Waals surface area contributed by atoms with E-state index in [0.29, 0.717) is 6.54 Å². The Morgan fingerprint density at radius 1 is 0.897 bits per heavy atom. The molecular weight excluding hydrogens is 364 g/mol. The van der Waals surface area contributed by atoms with Crippen molar-refractivity contribution in [2.24, 2.45) is 17.8 Å². The standard InChI is InChI=1S/C23H38N4O2/c1-17(22(29)24-23-13-18-10-19(14-23)12-20(11-18)15-23)26-8-6-25(7-9-26)16-21(28)27-4-2-3-5-27/h17-20H,2-16H2,1H3,(H,24,29). The summed E-state index contributed by atoms with van der Waals surface area (Å²) in [5, 5.41) is 3.55. The summed E-state index contributed by atoms with van der Waals surface area (Å²) in [6.07, 6.45) is 10.2. The van der Waals surface area contributed by atoms with Crippen LogP contribution in [0.25, 0.3) is 0 Å². The van der Waals surface area contributed by atoms with Crippen LogP contribution in [-0.2, 0) is 9.59 Å². The zero-order valence-corrected chi connectivity index (χ0v) is 18.1. The van der Waals surface area contributed by atoms with Gasteiger partial charge in [-0.2, -0.15) is 0 Å². The van der Waals surface area contributed by atoms with Crippen LogP contribution in [0, 0.1) is 17.8 Å². The number of rotatable bonds is 5. The van der Waals surface area contributed by atoms with Crippen molar-refractivity contribution < 1.29 is 9.59 Å². The van der Waals surface area contributed by atoms with Crippen LogP contribution in [0.2, 0.25) is 0 Å². The highest BCUT2D eigenvalue weighted by Crippen LogP contribution is 2.55. The summed E-state index contributed by atoms with van der Waals surface area (Å²) in [5.74, 6) is 3.08. The zero-order valence-electron chi connectivity index (χ0n) is 18.1. The monoisotopic (exact) mass is 402 g/mol. The van der Waals surface area contributed by atoms with Crippen LogP contribution in [0.15, 0.2) is 0 Å². The Balaban J connectivity index is 1.10. The predicted octanol–water partition coefficient (Wildman–Crippen LogP) is 1.70. The topological polar surface area (TPSA) is 55.9 Å². The first-order valence-electron chi connectivity index (χ1n) is 12.1. The number of likely N-dealkylation sites (tertiary alicyclic amines) is 1. The van der Waals surface area contributed by atoms with Crippen molar-refractivity contribution in [3.05, 3.63) is 0 Å². The van der Waals surface area contributed by atoms with Crippen LogP contribution < -0.4 is 5.32 Å². The number of hydrogen-bond donors (Lipinski definition) is 1. The van der Waals surface area contributed by atoms with E-state index in [2.05, 4.69) is 22.0 Å². The first-order valence-corrected chi connectivity index (χ1v) is 12.1. The van der Waals surface area contributed by atoms with Gasteiger partial charge in [0.25, 0.3) is 0 Å². The fraction of sp³-hybridized carbons (Fsp3) is 0.913. The van der Waals surface area contributed by atoms with Crippen LogP contribution in [0.1, 0.15) is 58.3 Å². The van der Waals surface area contributed by atoms with E-state index in [1.165, 1.54) is 38.5 Å². The van der Waals surface area contributed by atoms with E-state index in [0.717, 1.165) is 69.9 Å². The molecule has 0 aromatic heterocycles. The molecule has 29 heavy (non-hydrogen) atoms. The molecule has 4 saturated carbocycles. The molecule has 6 nitrogen and oxygen atoms in total. The van der Waals surface area contributed by atoms with Gasteiger partial charge in [-0.15, -0.1) is 0 Å². The maximum atomic E-state index is 13.1. The smallest absolute Gasteiger partial charge is 0.237 e. The predicted molar refractivity (Wildman–Crippen MR) is 112 cm³/mol. The van der Waals surface area contributed by atoms with Crippen LogP contribution in [0.4, 0.5) is 0 Å². The maximum Gasteiger partial charge on any atom is 0.237 e. The van der Waals surface area contributed by atoms with E-state index in [9.17, 15) is 9.59 Å². The van der Waals surface area contributed by atoms with Crippen molar-refractivity contribution in [2.75, 3.05) is 45.8 Å². The second kappa shape index (κ2) is 7.84.